The third kappa shape index (κ3) is 5.27. The summed E-state index contributed by atoms with van der Waals surface area (Å²) >= 11 is 0. The Morgan fingerprint density at radius 1 is 1.09 bits per heavy atom. The molecule has 0 aliphatic heterocycles. The van der Waals surface area contributed by atoms with Crippen LogP contribution in [0.4, 0.5) is 5.69 Å². The van der Waals surface area contributed by atoms with Gasteiger partial charge in [0, 0.05) is 18.1 Å². The number of esters is 1. The number of para-hydroxylation sites is 2. The fraction of sp³-hybridized carbons (Fsp3) is 0.167. The van der Waals surface area contributed by atoms with E-state index in [-0.39, 0.29) is 30.7 Å². The number of aryl methyl sites for hydroxylation is 1. The van der Waals surface area contributed by atoms with Gasteiger partial charge in [0.2, 0.25) is 5.91 Å². The highest BCUT2D eigenvalue weighted by molar-refractivity contribution is 5.93. The predicted molar refractivity (Wildman–Crippen MR) is 119 cm³/mol. The van der Waals surface area contributed by atoms with Crippen molar-refractivity contribution in [3.05, 3.63) is 89.8 Å². The van der Waals surface area contributed by atoms with Gasteiger partial charge in [-0.3, -0.25) is 4.79 Å². The number of benzene rings is 2. The first kappa shape index (κ1) is 21.8. The molecular formula is C24H22N4O5. The van der Waals surface area contributed by atoms with Crippen LogP contribution in [0.1, 0.15) is 27.6 Å². The first-order valence-corrected chi connectivity index (χ1v) is 10.2. The molecule has 0 unspecified atom stereocenters. The van der Waals surface area contributed by atoms with Crippen LogP contribution in [0.2, 0.25) is 0 Å². The van der Waals surface area contributed by atoms with Gasteiger partial charge in [-0.15, -0.1) is 0 Å². The van der Waals surface area contributed by atoms with Gasteiger partial charge in [-0.2, -0.15) is 4.98 Å². The maximum absolute atomic E-state index is 12.5. The second-order valence-corrected chi connectivity index (χ2v) is 7.20. The minimum absolute atomic E-state index is 0.0983. The monoisotopic (exact) mass is 446 g/mol. The van der Waals surface area contributed by atoms with Crippen molar-refractivity contribution in [1.82, 2.24) is 14.7 Å². The van der Waals surface area contributed by atoms with Gasteiger partial charge >= 0.3 is 5.97 Å². The summed E-state index contributed by atoms with van der Waals surface area (Å²) in [6.45, 7) is 1.77. The zero-order chi connectivity index (χ0) is 23.2. The Hall–Kier alpha value is -4.40. The Balaban J connectivity index is 1.34. The van der Waals surface area contributed by atoms with Crippen molar-refractivity contribution in [3.63, 3.8) is 0 Å². The third-order valence-electron chi connectivity index (χ3n) is 4.86. The van der Waals surface area contributed by atoms with Crippen LogP contribution in [0.3, 0.4) is 0 Å². The summed E-state index contributed by atoms with van der Waals surface area (Å²) in [4.78, 5) is 28.9. The lowest BCUT2D eigenvalue weighted by Gasteiger charge is -2.09. The lowest BCUT2D eigenvalue weighted by atomic mass is 10.1. The summed E-state index contributed by atoms with van der Waals surface area (Å²) in [6.07, 6.45) is 3.70. The molecule has 0 fully saturated rings. The number of nitrogens with zero attached hydrogens (tertiary/aromatic N) is 3. The standard InChI is InChI=1S/C24H22N4O5/c1-16-9-10-17(13-19(16)28-11-5-6-12-28)24(30)32-15-23-26-21(27-33-23)14-22(29)25-18-7-3-4-8-20(18)31-2/h3-13H,14-15H2,1-2H3,(H,25,29). The predicted octanol–water partition coefficient (Wildman–Crippen LogP) is 3.72. The van der Waals surface area contributed by atoms with Crippen LogP contribution in [0, 0.1) is 6.92 Å². The van der Waals surface area contributed by atoms with Gasteiger partial charge in [-0.1, -0.05) is 23.4 Å². The second kappa shape index (κ2) is 9.82. The normalized spacial score (nSPS) is 10.6. The number of hydrogen-bond donors (Lipinski definition) is 1. The topological polar surface area (TPSA) is 108 Å². The fourth-order valence-corrected chi connectivity index (χ4v) is 3.23. The quantitative estimate of drug-likeness (QED) is 0.411. The average molecular weight is 446 g/mol. The molecule has 2 aromatic heterocycles. The molecule has 9 heteroatoms. The number of hydrogen-bond acceptors (Lipinski definition) is 7. The van der Waals surface area contributed by atoms with Crippen molar-refractivity contribution >= 4 is 17.6 Å². The number of amides is 1. The number of nitrogens with one attached hydrogen (secondary N) is 1. The molecule has 2 heterocycles. The van der Waals surface area contributed by atoms with Crippen LogP contribution in [0.25, 0.3) is 5.69 Å². The molecule has 0 atom stereocenters. The molecule has 33 heavy (non-hydrogen) atoms. The van der Waals surface area contributed by atoms with Crippen LogP contribution in [-0.2, 0) is 22.6 Å². The van der Waals surface area contributed by atoms with Crippen LogP contribution < -0.4 is 10.1 Å². The number of ether oxygens (including phenoxy) is 2. The Kier molecular flexibility index (Phi) is 6.49. The molecule has 9 nitrogen and oxygen atoms in total. The van der Waals surface area contributed by atoms with Crippen molar-refractivity contribution in [1.29, 1.82) is 0 Å². The highest BCUT2D eigenvalue weighted by Crippen LogP contribution is 2.23. The van der Waals surface area contributed by atoms with E-state index in [1.54, 1.807) is 36.4 Å². The van der Waals surface area contributed by atoms with Crippen LogP contribution in [0.5, 0.6) is 5.75 Å². The second-order valence-electron chi connectivity index (χ2n) is 7.20. The summed E-state index contributed by atoms with van der Waals surface area (Å²) in [5, 5.41) is 6.52. The van der Waals surface area contributed by atoms with Crippen molar-refractivity contribution < 1.29 is 23.6 Å². The summed E-state index contributed by atoms with van der Waals surface area (Å²) in [5.41, 5.74) is 2.85. The molecule has 0 radical (unpaired) electrons. The van der Waals surface area contributed by atoms with Gasteiger partial charge in [0.15, 0.2) is 12.4 Å². The highest BCUT2D eigenvalue weighted by Gasteiger charge is 2.16. The zero-order valence-corrected chi connectivity index (χ0v) is 18.1. The summed E-state index contributed by atoms with van der Waals surface area (Å²) in [7, 11) is 1.52. The molecular weight excluding hydrogens is 424 g/mol. The zero-order valence-electron chi connectivity index (χ0n) is 18.1. The number of carbonyl (C=O) groups is 2. The van der Waals surface area contributed by atoms with Crippen molar-refractivity contribution in [3.8, 4) is 11.4 Å². The molecule has 0 saturated carbocycles. The third-order valence-corrected chi connectivity index (χ3v) is 4.86. The van der Waals surface area contributed by atoms with Crippen molar-refractivity contribution in [2.45, 2.75) is 20.0 Å². The van der Waals surface area contributed by atoms with Crippen molar-refractivity contribution in [2.75, 3.05) is 12.4 Å². The van der Waals surface area contributed by atoms with E-state index in [9.17, 15) is 9.59 Å². The molecule has 0 aliphatic rings. The Bertz CT molecular complexity index is 1260. The lowest BCUT2D eigenvalue weighted by molar-refractivity contribution is -0.115. The number of methoxy groups -OCH3 is 1. The molecule has 4 aromatic rings. The van der Waals surface area contributed by atoms with Gasteiger partial charge in [0.1, 0.15) is 5.75 Å². The van der Waals surface area contributed by atoms with E-state index >= 15 is 0 Å². The van der Waals surface area contributed by atoms with Crippen molar-refractivity contribution in [2.24, 2.45) is 0 Å². The first-order valence-electron chi connectivity index (χ1n) is 10.2. The molecule has 0 bridgehead atoms. The van der Waals surface area contributed by atoms with Gasteiger partial charge < -0.3 is 23.9 Å². The summed E-state index contributed by atoms with van der Waals surface area (Å²) < 4.78 is 17.5. The Morgan fingerprint density at radius 3 is 2.67 bits per heavy atom. The molecule has 0 saturated heterocycles. The van der Waals surface area contributed by atoms with Gasteiger partial charge in [-0.05, 0) is 48.9 Å². The summed E-state index contributed by atoms with van der Waals surface area (Å²) in [6, 6.07) is 16.2. The molecule has 0 spiro atoms. The molecule has 168 valence electrons. The maximum atomic E-state index is 12.5. The number of aromatic nitrogens is 3. The fourth-order valence-electron chi connectivity index (χ4n) is 3.23. The summed E-state index contributed by atoms with van der Waals surface area (Å²) in [5.74, 6) is -0.0272. The first-order chi connectivity index (χ1) is 16.0. The number of carbonyl (C=O) groups excluding carboxylic acids is 2. The van der Waals surface area contributed by atoms with E-state index in [0.717, 1.165) is 11.3 Å². The maximum Gasteiger partial charge on any atom is 0.338 e. The van der Waals surface area contributed by atoms with Crippen LogP contribution >= 0.6 is 0 Å². The SMILES string of the molecule is COc1ccccc1NC(=O)Cc1noc(COC(=O)c2ccc(C)c(-n3cccc3)c2)n1. The molecule has 0 aliphatic carbocycles. The smallest absolute Gasteiger partial charge is 0.338 e. The Morgan fingerprint density at radius 2 is 1.88 bits per heavy atom. The number of anilines is 1. The van der Waals surface area contributed by atoms with E-state index in [4.69, 9.17) is 14.0 Å². The van der Waals surface area contributed by atoms with Gasteiger partial charge in [0.25, 0.3) is 5.89 Å². The van der Waals surface area contributed by atoms with E-state index < -0.39 is 5.97 Å². The van der Waals surface area contributed by atoms with Gasteiger partial charge in [-0.25, -0.2) is 4.79 Å². The highest BCUT2D eigenvalue weighted by atomic mass is 16.6. The van der Waals surface area contributed by atoms with Crippen LogP contribution in [-0.4, -0.2) is 33.7 Å². The van der Waals surface area contributed by atoms with E-state index in [1.165, 1.54) is 7.11 Å². The minimum Gasteiger partial charge on any atom is -0.495 e. The van der Waals surface area contributed by atoms with Crippen LogP contribution in [0.15, 0.2) is 71.5 Å². The Labute approximate surface area is 189 Å². The molecule has 1 N–H and O–H groups in total. The van der Waals surface area contributed by atoms with E-state index in [1.807, 2.05) is 42.1 Å². The van der Waals surface area contributed by atoms with E-state index in [0.29, 0.717) is 17.0 Å². The lowest BCUT2D eigenvalue weighted by Crippen LogP contribution is -2.15. The molecule has 4 rings (SSSR count). The minimum atomic E-state index is -0.517. The average Bonchev–Trinajstić information content (AvgIpc) is 3.50. The molecule has 1 amide bonds. The molecule has 2 aromatic carbocycles. The van der Waals surface area contributed by atoms with Gasteiger partial charge in [0.05, 0.1) is 24.8 Å². The van der Waals surface area contributed by atoms with E-state index in [2.05, 4.69) is 15.5 Å². The largest absolute Gasteiger partial charge is 0.495 e. The number of rotatable bonds is 8.